The van der Waals surface area contributed by atoms with E-state index in [2.05, 4.69) is 26.4 Å². The monoisotopic (exact) mass is 367 g/mol. The molecule has 6 N–H and O–H groups in total. The van der Waals surface area contributed by atoms with Gasteiger partial charge in [-0.15, -0.1) is 0 Å². The maximum absolute atomic E-state index is 13.6. The summed E-state index contributed by atoms with van der Waals surface area (Å²) in [5.41, 5.74) is 9.11. The molecule has 1 amide bonds. The molecule has 3 fully saturated rings. The fraction of sp³-hybridized carbons (Fsp3) is 0.882. The van der Waals surface area contributed by atoms with Crippen molar-refractivity contribution in [3.63, 3.8) is 0 Å². The maximum Gasteiger partial charge on any atom is 0.234 e. The molecule has 9 heteroatoms. The Bertz CT molecular complexity index is 553. The number of aliphatic imine (C=N–C) groups is 1. The lowest BCUT2D eigenvalue weighted by atomic mass is 9.76. The predicted octanol–water partition coefficient (Wildman–Crippen LogP) is -1.45. The molecule has 0 radical (unpaired) electrons. The first-order valence-corrected chi connectivity index (χ1v) is 9.83. The number of fused-ring (bicyclic) bond motifs is 1. The van der Waals surface area contributed by atoms with Crippen LogP contribution in [0.2, 0.25) is 0 Å². The summed E-state index contributed by atoms with van der Waals surface area (Å²) in [6, 6.07) is 0.110. The molecule has 0 aromatic heterocycles. The molecule has 5 unspecified atom stereocenters. The molecule has 4 rings (SSSR count). The fourth-order valence-corrected chi connectivity index (χ4v) is 4.85. The molecule has 0 aliphatic carbocycles. The molecular weight excluding hydrogens is 337 g/mol. The zero-order chi connectivity index (χ0) is 18.1. The van der Waals surface area contributed by atoms with Crippen LogP contribution in [0.15, 0.2) is 4.99 Å². The Balaban J connectivity index is 1.44. The summed E-state index contributed by atoms with van der Waals surface area (Å²) in [6.07, 6.45) is 1.83. The zero-order valence-corrected chi connectivity index (χ0v) is 15.1. The number of hydrazine groups is 1. The highest BCUT2D eigenvalue weighted by Crippen LogP contribution is 2.29. The van der Waals surface area contributed by atoms with Gasteiger partial charge in [-0.1, -0.05) is 0 Å². The summed E-state index contributed by atoms with van der Waals surface area (Å²) in [6.45, 7) is 4.21. The number of halogens is 1. The van der Waals surface area contributed by atoms with Crippen LogP contribution in [0.3, 0.4) is 0 Å². The number of carbonyl (C=O) groups excluding carboxylic acids is 1. The predicted molar refractivity (Wildman–Crippen MR) is 97.0 cm³/mol. The average Bonchev–Trinajstić information content (AvgIpc) is 2.97. The number of rotatable bonds is 3. The highest BCUT2D eigenvalue weighted by atomic mass is 19.1. The number of nitrogens with zero attached hydrogens (tertiary/aromatic N) is 2. The van der Waals surface area contributed by atoms with Crippen LogP contribution in [0.5, 0.6) is 0 Å². The Morgan fingerprint density at radius 1 is 1.23 bits per heavy atom. The van der Waals surface area contributed by atoms with Crippen molar-refractivity contribution < 1.29 is 9.18 Å². The van der Waals surface area contributed by atoms with Crippen molar-refractivity contribution in [3.8, 4) is 0 Å². The summed E-state index contributed by atoms with van der Waals surface area (Å²) in [4.78, 5) is 17.3. The van der Waals surface area contributed by atoms with Crippen LogP contribution in [0, 0.1) is 17.8 Å². The lowest BCUT2D eigenvalue weighted by molar-refractivity contribution is -0.124. The summed E-state index contributed by atoms with van der Waals surface area (Å²) in [5, 5.41) is 11.7. The van der Waals surface area contributed by atoms with Gasteiger partial charge in [-0.2, -0.15) is 0 Å². The Morgan fingerprint density at radius 2 is 2.00 bits per heavy atom. The van der Waals surface area contributed by atoms with Gasteiger partial charge in [-0.25, -0.2) is 9.82 Å². The Kier molecular flexibility index (Phi) is 5.40. The van der Waals surface area contributed by atoms with Crippen molar-refractivity contribution in [2.75, 3.05) is 39.3 Å². The van der Waals surface area contributed by atoms with Gasteiger partial charge in [0.2, 0.25) is 5.91 Å². The van der Waals surface area contributed by atoms with Gasteiger partial charge in [-0.05, 0) is 50.7 Å². The first-order chi connectivity index (χ1) is 12.6. The standard InChI is InChI=1S/C17H30FN7O/c18-11-7-22-16-14(15(19)24-25(16)9-11)17(26)23-13-8-21-6-3-12(13)10-1-4-20-5-2-10/h10-15,20-21,24H,1-9,19H2,(H,23,26). The SMILES string of the molecule is NC1NN2CC(F)CN=C2C1C(=O)NC1CNCCC1C1CCNCC1. The fourth-order valence-electron chi connectivity index (χ4n) is 4.85. The number of nitrogens with one attached hydrogen (secondary N) is 4. The maximum atomic E-state index is 13.6. The third-order valence-corrected chi connectivity index (χ3v) is 6.19. The number of piperidine rings is 2. The molecule has 0 aromatic rings. The van der Waals surface area contributed by atoms with Crippen molar-refractivity contribution in [2.45, 2.75) is 37.6 Å². The van der Waals surface area contributed by atoms with E-state index in [1.54, 1.807) is 5.01 Å². The van der Waals surface area contributed by atoms with E-state index in [1.165, 1.54) is 12.8 Å². The molecule has 8 nitrogen and oxygen atoms in total. The molecule has 0 saturated carbocycles. The molecule has 146 valence electrons. The van der Waals surface area contributed by atoms with Crippen LogP contribution in [0.1, 0.15) is 19.3 Å². The van der Waals surface area contributed by atoms with Crippen LogP contribution in [-0.4, -0.2) is 74.4 Å². The smallest absolute Gasteiger partial charge is 0.234 e. The lowest BCUT2D eigenvalue weighted by Gasteiger charge is -2.40. The largest absolute Gasteiger partial charge is 0.351 e. The van der Waals surface area contributed by atoms with Crippen molar-refractivity contribution in [1.82, 2.24) is 26.4 Å². The van der Waals surface area contributed by atoms with Crippen molar-refractivity contribution in [1.29, 1.82) is 0 Å². The third-order valence-electron chi connectivity index (χ3n) is 6.19. The van der Waals surface area contributed by atoms with Crippen LogP contribution < -0.4 is 27.1 Å². The van der Waals surface area contributed by atoms with Gasteiger partial charge in [-0.3, -0.25) is 14.8 Å². The number of nitrogens with two attached hydrogens (primary N) is 1. The van der Waals surface area contributed by atoms with Gasteiger partial charge in [0.1, 0.15) is 17.9 Å². The van der Waals surface area contributed by atoms with E-state index in [1.807, 2.05) is 0 Å². The number of carbonyl (C=O) groups is 1. The van der Waals surface area contributed by atoms with E-state index in [-0.39, 0.29) is 25.0 Å². The minimum absolute atomic E-state index is 0.101. The molecule has 4 aliphatic heterocycles. The third kappa shape index (κ3) is 3.58. The minimum atomic E-state index is -1.02. The molecule has 0 bridgehead atoms. The number of hydrogen-bond donors (Lipinski definition) is 5. The van der Waals surface area contributed by atoms with Crippen LogP contribution >= 0.6 is 0 Å². The Labute approximate surface area is 153 Å². The van der Waals surface area contributed by atoms with Crippen molar-refractivity contribution in [3.05, 3.63) is 0 Å². The zero-order valence-electron chi connectivity index (χ0n) is 15.1. The van der Waals surface area contributed by atoms with Crippen molar-refractivity contribution in [2.24, 2.45) is 28.5 Å². The average molecular weight is 367 g/mol. The van der Waals surface area contributed by atoms with Crippen LogP contribution in [0.4, 0.5) is 4.39 Å². The van der Waals surface area contributed by atoms with Crippen molar-refractivity contribution >= 4 is 11.7 Å². The van der Waals surface area contributed by atoms with Gasteiger partial charge in [0.15, 0.2) is 0 Å². The molecule has 3 saturated heterocycles. The van der Waals surface area contributed by atoms with E-state index in [4.69, 9.17) is 5.73 Å². The molecule has 0 spiro atoms. The first kappa shape index (κ1) is 18.1. The molecular formula is C17H30FN7O. The van der Waals surface area contributed by atoms with Gasteiger partial charge >= 0.3 is 0 Å². The van der Waals surface area contributed by atoms with Crippen LogP contribution in [0.25, 0.3) is 0 Å². The van der Waals surface area contributed by atoms with Gasteiger partial charge in [0.05, 0.1) is 19.3 Å². The highest BCUT2D eigenvalue weighted by molar-refractivity contribution is 6.05. The van der Waals surface area contributed by atoms with Crippen LogP contribution in [-0.2, 0) is 4.79 Å². The summed E-state index contributed by atoms with van der Waals surface area (Å²) in [5.74, 6) is 1.06. The first-order valence-electron chi connectivity index (χ1n) is 9.83. The van der Waals surface area contributed by atoms with E-state index < -0.39 is 18.3 Å². The second-order valence-electron chi connectivity index (χ2n) is 7.90. The number of amides is 1. The van der Waals surface area contributed by atoms with E-state index in [0.717, 1.165) is 32.6 Å². The van der Waals surface area contributed by atoms with E-state index >= 15 is 0 Å². The second kappa shape index (κ2) is 7.75. The molecule has 5 atom stereocenters. The summed E-state index contributed by atoms with van der Waals surface area (Å²) < 4.78 is 13.6. The highest BCUT2D eigenvalue weighted by Gasteiger charge is 2.45. The quantitative estimate of drug-likeness (QED) is 0.418. The summed E-state index contributed by atoms with van der Waals surface area (Å²) >= 11 is 0. The topological polar surface area (TPSA) is 107 Å². The number of amidine groups is 1. The van der Waals surface area contributed by atoms with Gasteiger partial charge < -0.3 is 21.7 Å². The molecule has 4 heterocycles. The molecule has 0 aromatic carbocycles. The van der Waals surface area contributed by atoms with Gasteiger partial charge in [0, 0.05) is 12.6 Å². The molecule has 26 heavy (non-hydrogen) atoms. The van der Waals surface area contributed by atoms with E-state index in [0.29, 0.717) is 17.7 Å². The Hall–Kier alpha value is -1.29. The lowest BCUT2D eigenvalue weighted by Crippen LogP contribution is -2.57. The second-order valence-corrected chi connectivity index (χ2v) is 7.90. The Morgan fingerprint density at radius 3 is 2.81 bits per heavy atom. The summed E-state index contributed by atoms with van der Waals surface area (Å²) in [7, 11) is 0. The molecule has 4 aliphatic rings. The number of alkyl halides is 1. The van der Waals surface area contributed by atoms with E-state index in [9.17, 15) is 9.18 Å². The van der Waals surface area contributed by atoms with Gasteiger partial charge in [0.25, 0.3) is 0 Å². The number of hydrogen-bond acceptors (Lipinski definition) is 7. The normalized spacial score (nSPS) is 38.6. The minimum Gasteiger partial charge on any atom is -0.351 e.